The Labute approximate surface area is 106 Å². The van der Waals surface area contributed by atoms with Gasteiger partial charge in [-0.25, -0.2) is 9.59 Å². The fourth-order valence-corrected chi connectivity index (χ4v) is 1.82. The van der Waals surface area contributed by atoms with Crippen LogP contribution in [0.25, 0.3) is 0 Å². The van der Waals surface area contributed by atoms with Gasteiger partial charge in [0.1, 0.15) is 11.7 Å². The zero-order chi connectivity index (χ0) is 13.7. The summed E-state index contributed by atoms with van der Waals surface area (Å²) in [6.07, 6.45) is 2.88. The highest BCUT2D eigenvalue weighted by molar-refractivity contribution is 5.88. The molecule has 0 amide bonds. The number of hydrogen-bond acceptors (Lipinski definition) is 3. The SMILES string of the molecule is COC(=O)c1cccn1C(CCC(C)C)C(=O)O. The smallest absolute Gasteiger partial charge is 0.354 e. The van der Waals surface area contributed by atoms with Crippen LogP contribution in [-0.2, 0) is 9.53 Å². The molecule has 0 aromatic carbocycles. The monoisotopic (exact) mass is 253 g/mol. The summed E-state index contributed by atoms with van der Waals surface area (Å²) in [6.45, 7) is 4.07. The second kappa shape index (κ2) is 6.23. The number of ether oxygens (including phenoxy) is 1. The van der Waals surface area contributed by atoms with Gasteiger partial charge in [-0.15, -0.1) is 0 Å². The van der Waals surface area contributed by atoms with E-state index >= 15 is 0 Å². The normalized spacial score (nSPS) is 12.4. The average Bonchev–Trinajstić information content (AvgIpc) is 2.76. The van der Waals surface area contributed by atoms with E-state index in [1.54, 1.807) is 18.3 Å². The first-order valence-electron chi connectivity index (χ1n) is 5.95. The first-order chi connectivity index (χ1) is 8.47. The van der Waals surface area contributed by atoms with Crippen LogP contribution in [0.3, 0.4) is 0 Å². The van der Waals surface area contributed by atoms with Crippen LogP contribution in [0.4, 0.5) is 0 Å². The van der Waals surface area contributed by atoms with Crippen LogP contribution in [0, 0.1) is 5.92 Å². The first-order valence-corrected chi connectivity index (χ1v) is 5.95. The van der Waals surface area contributed by atoms with Crippen molar-refractivity contribution in [3.8, 4) is 0 Å². The number of aromatic nitrogens is 1. The van der Waals surface area contributed by atoms with Crippen molar-refractivity contribution in [2.75, 3.05) is 7.11 Å². The number of carboxylic acid groups (broad SMARTS) is 1. The Morgan fingerprint density at radius 2 is 2.06 bits per heavy atom. The van der Waals surface area contributed by atoms with E-state index < -0.39 is 18.0 Å². The molecule has 1 rings (SSSR count). The van der Waals surface area contributed by atoms with Crippen molar-refractivity contribution in [1.29, 1.82) is 0 Å². The Hall–Kier alpha value is -1.78. The number of carbonyl (C=O) groups excluding carboxylic acids is 1. The van der Waals surface area contributed by atoms with E-state index in [9.17, 15) is 14.7 Å². The first kappa shape index (κ1) is 14.3. The van der Waals surface area contributed by atoms with Gasteiger partial charge in [0.2, 0.25) is 0 Å². The van der Waals surface area contributed by atoms with E-state index in [1.165, 1.54) is 11.7 Å². The number of hydrogen-bond donors (Lipinski definition) is 1. The van der Waals surface area contributed by atoms with Gasteiger partial charge in [-0.05, 0) is 30.9 Å². The van der Waals surface area contributed by atoms with Gasteiger partial charge in [0.25, 0.3) is 0 Å². The summed E-state index contributed by atoms with van der Waals surface area (Å²) in [6, 6.07) is 2.49. The van der Waals surface area contributed by atoms with E-state index in [-0.39, 0.29) is 5.69 Å². The fourth-order valence-electron chi connectivity index (χ4n) is 1.82. The number of carbonyl (C=O) groups is 2. The third kappa shape index (κ3) is 3.35. The van der Waals surface area contributed by atoms with Gasteiger partial charge in [-0.3, -0.25) is 0 Å². The predicted octanol–water partition coefficient (Wildman–Crippen LogP) is 2.34. The second-order valence-corrected chi connectivity index (χ2v) is 4.62. The van der Waals surface area contributed by atoms with Crippen molar-refractivity contribution in [3.05, 3.63) is 24.0 Å². The van der Waals surface area contributed by atoms with Crippen LogP contribution < -0.4 is 0 Å². The van der Waals surface area contributed by atoms with Gasteiger partial charge in [-0.2, -0.15) is 0 Å². The lowest BCUT2D eigenvalue weighted by molar-refractivity contribution is -0.141. The minimum atomic E-state index is -0.933. The van der Waals surface area contributed by atoms with Gasteiger partial charge in [-0.1, -0.05) is 13.8 Å². The molecule has 0 saturated carbocycles. The molecular weight excluding hydrogens is 234 g/mol. The third-order valence-electron chi connectivity index (χ3n) is 2.81. The molecular formula is C13H19NO4. The van der Waals surface area contributed by atoms with Gasteiger partial charge in [0.15, 0.2) is 0 Å². The molecule has 1 unspecified atom stereocenters. The van der Waals surface area contributed by atoms with Crippen LogP contribution in [0.2, 0.25) is 0 Å². The molecule has 5 nitrogen and oxygen atoms in total. The maximum atomic E-state index is 11.5. The molecule has 1 aromatic rings. The summed E-state index contributed by atoms with van der Waals surface area (Å²) in [5.74, 6) is -1.03. The molecule has 0 radical (unpaired) electrons. The van der Waals surface area contributed by atoms with E-state index in [1.807, 2.05) is 13.8 Å². The van der Waals surface area contributed by atoms with Crippen LogP contribution in [0.1, 0.15) is 43.2 Å². The Morgan fingerprint density at radius 1 is 1.39 bits per heavy atom. The maximum Gasteiger partial charge on any atom is 0.354 e. The van der Waals surface area contributed by atoms with Gasteiger partial charge < -0.3 is 14.4 Å². The molecule has 1 N–H and O–H groups in total. The lowest BCUT2D eigenvalue weighted by Gasteiger charge is -2.17. The molecule has 5 heteroatoms. The summed E-state index contributed by atoms with van der Waals surface area (Å²) in [5.41, 5.74) is 0.272. The van der Waals surface area contributed by atoms with Gasteiger partial charge in [0, 0.05) is 6.20 Å². The molecule has 0 spiro atoms. The Kier molecular flexibility index (Phi) is 4.95. The van der Waals surface area contributed by atoms with E-state index in [0.717, 1.165) is 6.42 Å². The third-order valence-corrected chi connectivity index (χ3v) is 2.81. The molecule has 0 aliphatic heterocycles. The molecule has 18 heavy (non-hydrogen) atoms. The quantitative estimate of drug-likeness (QED) is 0.790. The van der Waals surface area contributed by atoms with Crippen LogP contribution >= 0.6 is 0 Å². The second-order valence-electron chi connectivity index (χ2n) is 4.62. The van der Waals surface area contributed by atoms with Gasteiger partial charge >= 0.3 is 11.9 Å². The van der Waals surface area contributed by atoms with E-state index in [4.69, 9.17) is 0 Å². The molecule has 1 heterocycles. The summed E-state index contributed by atoms with van der Waals surface area (Å²) < 4.78 is 6.11. The van der Waals surface area contributed by atoms with Crippen LogP contribution in [0.5, 0.6) is 0 Å². The number of carboxylic acids is 1. The minimum Gasteiger partial charge on any atom is -0.480 e. The number of nitrogens with zero attached hydrogens (tertiary/aromatic N) is 1. The molecule has 1 aromatic heterocycles. The zero-order valence-corrected chi connectivity index (χ0v) is 10.9. The van der Waals surface area contributed by atoms with Gasteiger partial charge in [0.05, 0.1) is 7.11 Å². The fraction of sp³-hybridized carbons (Fsp3) is 0.538. The van der Waals surface area contributed by atoms with Crippen molar-refractivity contribution >= 4 is 11.9 Å². The Balaban J connectivity index is 2.96. The number of aliphatic carboxylic acids is 1. The van der Waals surface area contributed by atoms with E-state index in [2.05, 4.69) is 4.74 Å². The lowest BCUT2D eigenvalue weighted by Crippen LogP contribution is -2.23. The lowest BCUT2D eigenvalue weighted by atomic mass is 10.0. The minimum absolute atomic E-state index is 0.272. The molecule has 100 valence electrons. The van der Waals surface area contributed by atoms with Crippen LogP contribution in [0.15, 0.2) is 18.3 Å². The molecule has 0 aliphatic rings. The summed E-state index contributed by atoms with van der Waals surface area (Å²) in [4.78, 5) is 22.8. The molecule has 0 saturated heterocycles. The molecule has 0 fully saturated rings. The predicted molar refractivity (Wildman–Crippen MR) is 66.5 cm³/mol. The number of methoxy groups -OCH3 is 1. The number of rotatable bonds is 6. The van der Waals surface area contributed by atoms with Crippen molar-refractivity contribution in [2.45, 2.75) is 32.7 Å². The van der Waals surface area contributed by atoms with Crippen molar-refractivity contribution < 1.29 is 19.4 Å². The standard InChI is InChI=1S/C13H19NO4/c1-9(2)6-7-10(12(15)16)14-8-4-5-11(14)13(17)18-3/h4-5,8-10H,6-7H2,1-3H3,(H,15,16). The summed E-state index contributed by atoms with van der Waals surface area (Å²) in [5, 5.41) is 9.26. The van der Waals surface area contributed by atoms with Crippen molar-refractivity contribution in [3.63, 3.8) is 0 Å². The average molecular weight is 253 g/mol. The zero-order valence-electron chi connectivity index (χ0n) is 10.9. The Bertz CT molecular complexity index is 422. The van der Waals surface area contributed by atoms with Crippen LogP contribution in [-0.4, -0.2) is 28.7 Å². The largest absolute Gasteiger partial charge is 0.480 e. The maximum absolute atomic E-state index is 11.5. The van der Waals surface area contributed by atoms with E-state index in [0.29, 0.717) is 12.3 Å². The molecule has 0 bridgehead atoms. The highest BCUT2D eigenvalue weighted by atomic mass is 16.5. The number of esters is 1. The Morgan fingerprint density at radius 3 is 2.56 bits per heavy atom. The van der Waals surface area contributed by atoms with Crippen molar-refractivity contribution in [2.24, 2.45) is 5.92 Å². The highest BCUT2D eigenvalue weighted by Crippen LogP contribution is 2.21. The summed E-state index contributed by atoms with van der Waals surface area (Å²) in [7, 11) is 1.28. The molecule has 1 atom stereocenters. The molecule has 0 aliphatic carbocycles. The topological polar surface area (TPSA) is 68.5 Å². The summed E-state index contributed by atoms with van der Waals surface area (Å²) >= 11 is 0. The highest BCUT2D eigenvalue weighted by Gasteiger charge is 2.24. The van der Waals surface area contributed by atoms with Crippen molar-refractivity contribution in [1.82, 2.24) is 4.57 Å².